The standard InChI is InChI=1S/C8H8FN3O/c9-6-3-5(1-2-7(10)13)8(11)12-4-6/h1-4H,(H2,10,13)(H2,11,12). The number of carbonyl (C=O) groups is 1. The minimum Gasteiger partial charge on any atom is -0.383 e. The zero-order chi connectivity index (χ0) is 9.84. The summed E-state index contributed by atoms with van der Waals surface area (Å²) in [7, 11) is 0. The smallest absolute Gasteiger partial charge is 0.241 e. The van der Waals surface area contributed by atoms with Crippen molar-refractivity contribution in [3.63, 3.8) is 0 Å². The molecule has 0 fully saturated rings. The zero-order valence-electron chi connectivity index (χ0n) is 6.70. The number of rotatable bonds is 2. The van der Waals surface area contributed by atoms with Gasteiger partial charge in [0.15, 0.2) is 0 Å². The Balaban J connectivity index is 3.00. The normalized spacial score (nSPS) is 10.5. The third kappa shape index (κ3) is 2.55. The minimum atomic E-state index is -0.622. The van der Waals surface area contributed by atoms with Gasteiger partial charge < -0.3 is 11.5 Å². The predicted molar refractivity (Wildman–Crippen MR) is 46.8 cm³/mol. The topological polar surface area (TPSA) is 82.0 Å². The van der Waals surface area contributed by atoms with Crippen molar-refractivity contribution < 1.29 is 9.18 Å². The number of aromatic nitrogens is 1. The summed E-state index contributed by atoms with van der Waals surface area (Å²) >= 11 is 0. The molecule has 1 aromatic rings. The maximum Gasteiger partial charge on any atom is 0.241 e. The molecule has 1 amide bonds. The van der Waals surface area contributed by atoms with Gasteiger partial charge >= 0.3 is 0 Å². The molecule has 0 saturated heterocycles. The van der Waals surface area contributed by atoms with E-state index in [1.807, 2.05) is 0 Å². The van der Waals surface area contributed by atoms with E-state index in [1.165, 1.54) is 12.1 Å². The Labute approximate surface area is 74.1 Å². The monoisotopic (exact) mass is 181 g/mol. The van der Waals surface area contributed by atoms with Crippen LogP contribution in [0.3, 0.4) is 0 Å². The van der Waals surface area contributed by atoms with Crippen molar-refractivity contribution in [3.8, 4) is 0 Å². The van der Waals surface area contributed by atoms with Gasteiger partial charge in [-0.2, -0.15) is 0 Å². The van der Waals surface area contributed by atoms with Gasteiger partial charge in [0.2, 0.25) is 5.91 Å². The second-order valence-corrected chi connectivity index (χ2v) is 2.36. The molecule has 0 saturated carbocycles. The third-order valence-corrected chi connectivity index (χ3v) is 1.34. The quantitative estimate of drug-likeness (QED) is 0.644. The van der Waals surface area contributed by atoms with Gasteiger partial charge in [0.25, 0.3) is 0 Å². The van der Waals surface area contributed by atoms with E-state index in [4.69, 9.17) is 11.5 Å². The van der Waals surface area contributed by atoms with Gasteiger partial charge in [-0.3, -0.25) is 4.79 Å². The van der Waals surface area contributed by atoms with Crippen LogP contribution in [0.1, 0.15) is 5.56 Å². The minimum absolute atomic E-state index is 0.152. The lowest BCUT2D eigenvalue weighted by Crippen LogP contribution is -2.05. The van der Waals surface area contributed by atoms with Crippen molar-refractivity contribution in [2.24, 2.45) is 5.73 Å². The molecule has 0 aromatic carbocycles. The largest absolute Gasteiger partial charge is 0.383 e. The average Bonchev–Trinajstić information content (AvgIpc) is 2.06. The van der Waals surface area contributed by atoms with E-state index < -0.39 is 11.7 Å². The Kier molecular flexibility index (Phi) is 2.59. The number of halogens is 1. The molecular weight excluding hydrogens is 173 g/mol. The van der Waals surface area contributed by atoms with Crippen LogP contribution in [0.2, 0.25) is 0 Å². The van der Waals surface area contributed by atoms with E-state index in [0.29, 0.717) is 5.56 Å². The summed E-state index contributed by atoms with van der Waals surface area (Å²) in [6.07, 6.45) is 3.40. The number of nitrogens with two attached hydrogens (primary N) is 2. The van der Waals surface area contributed by atoms with Gasteiger partial charge in [-0.1, -0.05) is 0 Å². The fourth-order valence-corrected chi connectivity index (χ4v) is 0.771. The van der Waals surface area contributed by atoms with Gasteiger partial charge in [0.1, 0.15) is 11.6 Å². The molecule has 5 heteroatoms. The third-order valence-electron chi connectivity index (χ3n) is 1.34. The second kappa shape index (κ2) is 3.66. The van der Waals surface area contributed by atoms with Crippen LogP contribution in [0, 0.1) is 5.82 Å². The molecular formula is C8H8FN3O. The second-order valence-electron chi connectivity index (χ2n) is 2.36. The van der Waals surface area contributed by atoms with Crippen LogP contribution in [0.15, 0.2) is 18.3 Å². The van der Waals surface area contributed by atoms with Crippen molar-refractivity contribution in [3.05, 3.63) is 29.7 Å². The van der Waals surface area contributed by atoms with Gasteiger partial charge in [-0.05, 0) is 12.1 Å². The van der Waals surface area contributed by atoms with E-state index in [1.54, 1.807) is 0 Å². The van der Waals surface area contributed by atoms with Crippen LogP contribution in [-0.4, -0.2) is 10.9 Å². The highest BCUT2D eigenvalue weighted by atomic mass is 19.1. The average molecular weight is 181 g/mol. The Hall–Kier alpha value is -1.91. The van der Waals surface area contributed by atoms with Crippen LogP contribution in [-0.2, 0) is 4.79 Å². The van der Waals surface area contributed by atoms with Crippen molar-refractivity contribution in [2.75, 3.05) is 5.73 Å². The Morgan fingerprint density at radius 3 is 2.92 bits per heavy atom. The van der Waals surface area contributed by atoms with Crippen molar-refractivity contribution in [2.45, 2.75) is 0 Å². The van der Waals surface area contributed by atoms with Crippen molar-refractivity contribution >= 4 is 17.8 Å². The molecule has 0 aliphatic rings. The first-order valence-electron chi connectivity index (χ1n) is 3.48. The molecule has 68 valence electrons. The molecule has 0 radical (unpaired) electrons. The molecule has 13 heavy (non-hydrogen) atoms. The molecule has 1 rings (SSSR count). The summed E-state index contributed by atoms with van der Waals surface area (Å²) < 4.78 is 12.6. The molecule has 0 unspecified atom stereocenters. The molecule has 1 heterocycles. The van der Waals surface area contributed by atoms with Crippen LogP contribution in [0.4, 0.5) is 10.2 Å². The fourth-order valence-electron chi connectivity index (χ4n) is 0.771. The summed E-state index contributed by atoms with van der Waals surface area (Å²) in [5.41, 5.74) is 10.6. The van der Waals surface area contributed by atoms with E-state index >= 15 is 0 Å². The van der Waals surface area contributed by atoms with Crippen LogP contribution in [0.25, 0.3) is 6.08 Å². The predicted octanol–water partition coefficient (Wildman–Crippen LogP) is 0.301. The summed E-state index contributed by atoms with van der Waals surface area (Å²) in [5.74, 6) is -0.985. The van der Waals surface area contributed by atoms with E-state index in [2.05, 4.69) is 4.98 Å². The summed E-state index contributed by atoms with van der Waals surface area (Å²) in [6.45, 7) is 0. The Morgan fingerprint density at radius 2 is 2.31 bits per heavy atom. The molecule has 4 N–H and O–H groups in total. The molecule has 1 aromatic heterocycles. The first-order valence-corrected chi connectivity index (χ1v) is 3.48. The van der Waals surface area contributed by atoms with Gasteiger partial charge in [0, 0.05) is 11.6 Å². The highest BCUT2D eigenvalue weighted by Crippen LogP contribution is 2.11. The maximum absolute atomic E-state index is 12.6. The lowest BCUT2D eigenvalue weighted by Gasteiger charge is -1.97. The maximum atomic E-state index is 12.6. The first kappa shape index (κ1) is 9.18. The number of nitrogen functional groups attached to an aromatic ring is 1. The highest BCUT2D eigenvalue weighted by molar-refractivity contribution is 5.90. The number of primary amides is 1. The van der Waals surface area contributed by atoms with Crippen LogP contribution >= 0.6 is 0 Å². The summed E-state index contributed by atoms with van der Waals surface area (Å²) in [4.78, 5) is 13.9. The Morgan fingerprint density at radius 1 is 1.62 bits per heavy atom. The van der Waals surface area contributed by atoms with Crippen LogP contribution in [0.5, 0.6) is 0 Å². The number of hydrogen-bond acceptors (Lipinski definition) is 3. The molecule has 4 nitrogen and oxygen atoms in total. The Bertz CT molecular complexity index is 362. The first-order chi connectivity index (χ1) is 6.09. The number of carbonyl (C=O) groups excluding carboxylic acids is 1. The highest BCUT2D eigenvalue weighted by Gasteiger charge is 1.98. The van der Waals surface area contributed by atoms with Crippen molar-refractivity contribution in [1.82, 2.24) is 4.98 Å². The van der Waals surface area contributed by atoms with Gasteiger partial charge in [-0.25, -0.2) is 9.37 Å². The molecule has 0 bridgehead atoms. The van der Waals surface area contributed by atoms with Gasteiger partial charge in [-0.15, -0.1) is 0 Å². The number of amides is 1. The number of hydrogen-bond donors (Lipinski definition) is 2. The summed E-state index contributed by atoms with van der Waals surface area (Å²) in [5, 5.41) is 0. The lowest BCUT2D eigenvalue weighted by atomic mass is 10.2. The molecule has 0 aliphatic carbocycles. The van der Waals surface area contributed by atoms with E-state index in [0.717, 1.165) is 12.3 Å². The summed E-state index contributed by atoms with van der Waals surface area (Å²) in [6, 6.07) is 1.17. The number of pyridine rings is 1. The number of anilines is 1. The van der Waals surface area contributed by atoms with Crippen molar-refractivity contribution in [1.29, 1.82) is 0 Å². The SMILES string of the molecule is NC(=O)C=Cc1cc(F)cnc1N. The van der Waals surface area contributed by atoms with E-state index in [-0.39, 0.29) is 5.82 Å². The lowest BCUT2D eigenvalue weighted by molar-refractivity contribution is -0.113. The zero-order valence-corrected chi connectivity index (χ0v) is 6.70. The molecule has 0 atom stereocenters. The van der Waals surface area contributed by atoms with Crippen LogP contribution < -0.4 is 11.5 Å². The fraction of sp³-hybridized carbons (Fsp3) is 0. The van der Waals surface area contributed by atoms with E-state index in [9.17, 15) is 9.18 Å². The number of nitrogens with zero attached hydrogens (tertiary/aromatic N) is 1. The molecule has 0 spiro atoms. The molecule has 0 aliphatic heterocycles. The van der Waals surface area contributed by atoms with Gasteiger partial charge in [0.05, 0.1) is 6.20 Å².